The highest BCUT2D eigenvalue weighted by Gasteiger charge is 2.25. The summed E-state index contributed by atoms with van der Waals surface area (Å²) in [6.07, 6.45) is 0. The molecule has 0 aliphatic heterocycles. The van der Waals surface area contributed by atoms with Crippen LogP contribution < -0.4 is 10.7 Å². The van der Waals surface area contributed by atoms with Gasteiger partial charge in [0.05, 0.1) is 0 Å². The van der Waals surface area contributed by atoms with Crippen molar-refractivity contribution in [2.24, 2.45) is 5.73 Å². The molecule has 3 nitrogen and oxygen atoms in total. The fourth-order valence-corrected chi connectivity index (χ4v) is 0.228. The van der Waals surface area contributed by atoms with Gasteiger partial charge < -0.3 is 5.73 Å². The van der Waals surface area contributed by atoms with E-state index >= 15 is 0 Å². The van der Waals surface area contributed by atoms with Gasteiger partial charge in [0.2, 0.25) is 0 Å². The predicted octanol–water partition coefficient (Wildman–Crippen LogP) is -1.97. The van der Waals surface area contributed by atoms with Gasteiger partial charge in [0.15, 0.2) is 0 Å². The summed E-state index contributed by atoms with van der Waals surface area (Å²) in [6.45, 7) is 6.41. The molecule has 3 N–H and O–H groups in total. The summed E-state index contributed by atoms with van der Waals surface area (Å²) in [6, 6.07) is 0. The predicted molar refractivity (Wildman–Crippen MR) is 31.4 cm³/mol. The van der Waals surface area contributed by atoms with Gasteiger partial charge in [-0.2, -0.15) is 4.99 Å². The molecule has 0 unspecified atom stereocenters. The van der Waals surface area contributed by atoms with Gasteiger partial charge in [-0.15, -0.1) is 0 Å². The zero-order chi connectivity index (χ0) is 6.78. The van der Waals surface area contributed by atoms with Gasteiger partial charge in [-0.25, -0.2) is 4.79 Å². The van der Waals surface area contributed by atoms with E-state index in [2.05, 4.69) is 11.7 Å². The number of amides is 1. The average molecular weight is 115 g/mol. The standard InChI is InChI=1S/C5H10N2O/c1-5(2,6)4(8)7-3/h3,6H2,1-2H3/p+1. The lowest BCUT2D eigenvalue weighted by Crippen LogP contribution is -2.79. The van der Waals surface area contributed by atoms with E-state index < -0.39 is 5.54 Å². The van der Waals surface area contributed by atoms with Crippen LogP contribution in [0.1, 0.15) is 13.8 Å². The van der Waals surface area contributed by atoms with Crippen LogP contribution in [0.3, 0.4) is 0 Å². The molecule has 0 aromatic heterocycles. The van der Waals surface area contributed by atoms with E-state index in [0.717, 1.165) is 0 Å². The summed E-state index contributed by atoms with van der Waals surface area (Å²) in [4.78, 5) is 12.7. The van der Waals surface area contributed by atoms with E-state index in [0.29, 0.717) is 0 Å². The van der Waals surface area contributed by atoms with Crippen LogP contribution in [0.25, 0.3) is 0 Å². The molecule has 46 valence electrons. The summed E-state index contributed by atoms with van der Waals surface area (Å²) in [5.74, 6) is -0.252. The van der Waals surface area contributed by atoms with E-state index in [1.54, 1.807) is 13.8 Å². The molecular weight excluding hydrogens is 104 g/mol. The lowest BCUT2D eigenvalue weighted by atomic mass is 10.1. The first kappa shape index (κ1) is 7.30. The molecule has 0 aromatic carbocycles. The van der Waals surface area contributed by atoms with Crippen LogP contribution in [-0.4, -0.2) is 18.2 Å². The van der Waals surface area contributed by atoms with Crippen molar-refractivity contribution in [1.82, 2.24) is 0 Å². The van der Waals surface area contributed by atoms with Gasteiger partial charge in [0.1, 0.15) is 12.3 Å². The summed E-state index contributed by atoms with van der Waals surface area (Å²) < 4.78 is 0. The molecule has 0 aliphatic rings. The minimum absolute atomic E-state index is 0.252. The number of nitrogens with one attached hydrogen (secondary N) is 1. The van der Waals surface area contributed by atoms with Crippen molar-refractivity contribution in [1.29, 1.82) is 0 Å². The SMILES string of the molecule is C=[NH+]C(=O)C(C)(C)N. The molecule has 0 saturated carbocycles. The molecule has 8 heavy (non-hydrogen) atoms. The maximum Gasteiger partial charge on any atom is 0.404 e. The van der Waals surface area contributed by atoms with Crippen molar-refractivity contribution in [2.75, 3.05) is 0 Å². The Bertz CT molecular complexity index is 112. The molecule has 0 heterocycles. The second kappa shape index (κ2) is 2.05. The summed E-state index contributed by atoms with van der Waals surface area (Å²) in [5.41, 5.74) is 4.53. The number of nitrogens with two attached hydrogens (primary N) is 1. The lowest BCUT2D eigenvalue weighted by Gasteiger charge is -2.06. The van der Waals surface area contributed by atoms with Crippen LogP contribution in [0.4, 0.5) is 0 Å². The molecule has 0 rings (SSSR count). The smallest absolute Gasteiger partial charge is 0.314 e. The molecule has 0 radical (unpaired) electrons. The van der Waals surface area contributed by atoms with E-state index in [9.17, 15) is 4.79 Å². The fourth-order valence-electron chi connectivity index (χ4n) is 0.228. The number of carbonyl (C=O) groups is 1. The van der Waals surface area contributed by atoms with Crippen LogP contribution in [-0.2, 0) is 4.79 Å². The highest BCUT2D eigenvalue weighted by molar-refractivity contribution is 5.76. The zero-order valence-corrected chi connectivity index (χ0v) is 5.19. The molecule has 0 aliphatic carbocycles. The number of carbonyl (C=O) groups excluding carboxylic acids is 1. The molecule has 0 atom stereocenters. The molecule has 1 amide bonds. The number of hydrogen-bond acceptors (Lipinski definition) is 2. The van der Waals surface area contributed by atoms with Crippen molar-refractivity contribution in [3.05, 3.63) is 0 Å². The van der Waals surface area contributed by atoms with Gasteiger partial charge >= 0.3 is 5.91 Å². The lowest BCUT2D eigenvalue weighted by molar-refractivity contribution is -0.374. The number of rotatable bonds is 1. The van der Waals surface area contributed by atoms with E-state index in [4.69, 9.17) is 5.73 Å². The monoisotopic (exact) mass is 115 g/mol. The third-order valence-corrected chi connectivity index (χ3v) is 0.746. The molecule has 0 saturated heterocycles. The van der Waals surface area contributed by atoms with Crippen molar-refractivity contribution in [3.63, 3.8) is 0 Å². The van der Waals surface area contributed by atoms with Gasteiger partial charge in [-0.05, 0) is 13.8 Å². The van der Waals surface area contributed by atoms with Crippen molar-refractivity contribution < 1.29 is 9.79 Å². The Morgan fingerprint density at radius 2 is 2.12 bits per heavy atom. The first-order valence-electron chi connectivity index (χ1n) is 2.35. The van der Waals surface area contributed by atoms with Gasteiger partial charge in [-0.3, -0.25) is 0 Å². The maximum absolute atomic E-state index is 10.5. The summed E-state index contributed by atoms with van der Waals surface area (Å²) in [5, 5.41) is 0. The molecule has 0 spiro atoms. The highest BCUT2D eigenvalue weighted by atomic mass is 16.1. The topological polar surface area (TPSA) is 57.1 Å². The Morgan fingerprint density at radius 1 is 1.75 bits per heavy atom. The maximum atomic E-state index is 10.5. The minimum atomic E-state index is -0.804. The van der Waals surface area contributed by atoms with Crippen LogP contribution in [0.5, 0.6) is 0 Å². The van der Waals surface area contributed by atoms with Crippen LogP contribution >= 0.6 is 0 Å². The molecule has 0 aromatic rings. The number of hydrogen-bond donors (Lipinski definition) is 2. The van der Waals surface area contributed by atoms with E-state index in [1.165, 1.54) is 0 Å². The largest absolute Gasteiger partial charge is 0.404 e. The first-order chi connectivity index (χ1) is 3.48. The van der Waals surface area contributed by atoms with Gasteiger partial charge in [0.25, 0.3) is 0 Å². The van der Waals surface area contributed by atoms with Gasteiger partial charge in [0, 0.05) is 0 Å². The molecule has 0 bridgehead atoms. The second-order valence-electron chi connectivity index (χ2n) is 2.23. The second-order valence-corrected chi connectivity index (χ2v) is 2.23. The zero-order valence-electron chi connectivity index (χ0n) is 5.19. The summed E-state index contributed by atoms with van der Waals surface area (Å²) >= 11 is 0. The van der Waals surface area contributed by atoms with Gasteiger partial charge in [-0.1, -0.05) is 0 Å². The van der Waals surface area contributed by atoms with E-state index in [-0.39, 0.29) is 5.91 Å². The Hall–Kier alpha value is -0.700. The van der Waals surface area contributed by atoms with E-state index in [1.807, 2.05) is 0 Å². The average Bonchev–Trinajstić information content (AvgIpc) is 1.62. The minimum Gasteiger partial charge on any atom is -0.314 e. The van der Waals surface area contributed by atoms with Crippen LogP contribution in [0.15, 0.2) is 0 Å². The van der Waals surface area contributed by atoms with Crippen molar-refractivity contribution in [2.45, 2.75) is 19.4 Å². The molecule has 0 fully saturated rings. The van der Waals surface area contributed by atoms with Crippen LogP contribution in [0.2, 0.25) is 0 Å². The Kier molecular flexibility index (Phi) is 1.87. The highest BCUT2D eigenvalue weighted by Crippen LogP contribution is 1.89. The Morgan fingerprint density at radius 3 is 2.12 bits per heavy atom. The van der Waals surface area contributed by atoms with Crippen molar-refractivity contribution in [3.8, 4) is 0 Å². The third-order valence-electron chi connectivity index (χ3n) is 0.746. The molecule has 3 heteroatoms. The van der Waals surface area contributed by atoms with Crippen molar-refractivity contribution >= 4 is 12.6 Å². The van der Waals surface area contributed by atoms with Crippen LogP contribution in [0, 0.1) is 0 Å². The Balaban J connectivity index is 4.02. The quantitative estimate of drug-likeness (QED) is 0.389. The fraction of sp³-hybridized carbons (Fsp3) is 0.600. The first-order valence-corrected chi connectivity index (χ1v) is 2.35. The third kappa shape index (κ3) is 1.84. The normalized spacial score (nSPS) is 10.9. The Labute approximate surface area is 48.6 Å². The summed E-state index contributed by atoms with van der Waals surface area (Å²) in [7, 11) is 0. The molecular formula is C5H11N2O+.